The van der Waals surface area contributed by atoms with E-state index in [1.54, 1.807) is 7.05 Å². The third-order valence-electron chi connectivity index (χ3n) is 5.19. The molecule has 0 saturated heterocycles. The molecule has 0 N–H and O–H groups in total. The number of benzene rings is 2. The van der Waals surface area contributed by atoms with Crippen molar-refractivity contribution in [2.75, 3.05) is 7.05 Å². The summed E-state index contributed by atoms with van der Waals surface area (Å²) in [6.07, 6.45) is 6.61. The molecule has 0 radical (unpaired) electrons. The minimum absolute atomic E-state index is 0.957. The van der Waals surface area contributed by atoms with Crippen molar-refractivity contribution in [2.45, 2.75) is 54.4 Å². The Labute approximate surface area is 177 Å². The molecule has 0 spiro atoms. The van der Waals surface area contributed by atoms with Crippen LogP contribution in [0.25, 0.3) is 16.0 Å². The maximum atomic E-state index is 4.00. The molecule has 1 heteroatoms. The third-order valence-corrected chi connectivity index (χ3v) is 5.19. The minimum Gasteiger partial charge on any atom is -0.0821 e. The van der Waals surface area contributed by atoms with Crippen LogP contribution in [0.15, 0.2) is 65.8 Å². The minimum atomic E-state index is 0.957. The standard InChI is InChI=1S/C28H34N/c1-8-25-15-12-21(4)18-27(25)28(22(5)11-9-10-20(2)3)23(6)26-16-13-24(14-17-26)19-29-7/h10-18H,8-9H2,1-7H3/q+1/b22-11+,28-23+. The topological polar surface area (TPSA) is 4.36 Å². The smallest absolute Gasteiger partial charge is 0.0821 e. The van der Waals surface area contributed by atoms with Gasteiger partial charge in [-0.25, -0.2) is 0 Å². The van der Waals surface area contributed by atoms with Crippen LogP contribution in [0.4, 0.5) is 0 Å². The number of nitrogens with zero attached hydrogens (tertiary/aromatic N) is 1. The highest BCUT2D eigenvalue weighted by atomic mass is 14.6. The van der Waals surface area contributed by atoms with Crippen molar-refractivity contribution >= 4 is 11.1 Å². The van der Waals surface area contributed by atoms with Gasteiger partial charge in [-0.2, -0.15) is 0 Å². The first kappa shape index (κ1) is 22.4. The normalized spacial score (nSPS) is 12.0. The number of allylic oxidation sites excluding steroid dienone is 6. The lowest BCUT2D eigenvalue weighted by Gasteiger charge is -2.18. The van der Waals surface area contributed by atoms with E-state index in [0.29, 0.717) is 0 Å². The second-order valence-corrected chi connectivity index (χ2v) is 7.83. The summed E-state index contributed by atoms with van der Waals surface area (Å²) in [4.78, 5) is 4.00. The Kier molecular flexibility index (Phi) is 8.22. The Morgan fingerprint density at radius 1 is 0.966 bits per heavy atom. The zero-order valence-corrected chi connectivity index (χ0v) is 19.1. The van der Waals surface area contributed by atoms with Crippen molar-refractivity contribution in [2.24, 2.45) is 0 Å². The second-order valence-electron chi connectivity index (χ2n) is 7.83. The highest BCUT2D eigenvalue weighted by molar-refractivity contribution is 5.98. The molecule has 1 nitrogen and oxygen atoms in total. The quantitative estimate of drug-likeness (QED) is 0.269. The third kappa shape index (κ3) is 6.06. The van der Waals surface area contributed by atoms with Crippen LogP contribution in [0.3, 0.4) is 0 Å². The van der Waals surface area contributed by atoms with E-state index >= 15 is 0 Å². The molecule has 0 heterocycles. The molecule has 0 aliphatic rings. The van der Waals surface area contributed by atoms with Gasteiger partial charge in [-0.15, -0.1) is 0 Å². The predicted octanol–water partition coefficient (Wildman–Crippen LogP) is 8.10. The molecule has 0 unspecified atom stereocenters. The average Bonchev–Trinajstić information content (AvgIpc) is 2.69. The van der Waals surface area contributed by atoms with Crippen molar-refractivity contribution in [3.05, 3.63) is 98.4 Å². The van der Waals surface area contributed by atoms with Gasteiger partial charge in [0.1, 0.15) is 5.56 Å². The van der Waals surface area contributed by atoms with Gasteiger partial charge in [0.2, 0.25) is 0 Å². The molecular formula is C28H34N+. The fourth-order valence-electron chi connectivity index (χ4n) is 3.58. The van der Waals surface area contributed by atoms with Gasteiger partial charge in [-0.05, 0) is 93.0 Å². The Morgan fingerprint density at radius 2 is 1.66 bits per heavy atom. The van der Waals surface area contributed by atoms with Crippen molar-refractivity contribution < 1.29 is 0 Å². The van der Waals surface area contributed by atoms with Gasteiger partial charge in [0.25, 0.3) is 7.05 Å². The van der Waals surface area contributed by atoms with E-state index in [0.717, 1.165) is 18.4 Å². The summed E-state index contributed by atoms with van der Waals surface area (Å²) < 4.78 is 0. The Balaban J connectivity index is 2.68. The van der Waals surface area contributed by atoms with E-state index in [1.807, 2.05) is 0 Å². The Bertz CT molecular complexity index is 999. The summed E-state index contributed by atoms with van der Waals surface area (Å²) in [6.45, 7) is 13.2. The zero-order valence-electron chi connectivity index (χ0n) is 19.1. The molecule has 0 bridgehead atoms. The summed E-state index contributed by atoms with van der Waals surface area (Å²) in [5.41, 5.74) is 11.6. The maximum absolute atomic E-state index is 4.00. The zero-order chi connectivity index (χ0) is 21.4. The molecule has 0 amide bonds. The number of rotatable bonds is 6. The molecule has 2 rings (SSSR count). The fourth-order valence-corrected chi connectivity index (χ4v) is 3.58. The van der Waals surface area contributed by atoms with Crippen LogP contribution in [0, 0.1) is 13.0 Å². The van der Waals surface area contributed by atoms with Crippen molar-refractivity contribution in [3.63, 3.8) is 0 Å². The molecule has 0 atom stereocenters. The monoisotopic (exact) mass is 384 g/mol. The first-order valence-corrected chi connectivity index (χ1v) is 10.4. The number of aryl methyl sites for hydroxylation is 2. The van der Waals surface area contributed by atoms with Crippen LogP contribution in [0.2, 0.25) is 0 Å². The van der Waals surface area contributed by atoms with Crippen LogP contribution >= 0.6 is 0 Å². The molecule has 0 aliphatic heterocycles. The molecule has 29 heavy (non-hydrogen) atoms. The van der Waals surface area contributed by atoms with E-state index in [9.17, 15) is 0 Å². The lowest BCUT2D eigenvalue weighted by molar-refractivity contribution is 1.12. The second kappa shape index (κ2) is 10.6. The highest BCUT2D eigenvalue weighted by Gasteiger charge is 2.14. The largest absolute Gasteiger partial charge is 0.310 e. The van der Waals surface area contributed by atoms with Gasteiger partial charge in [-0.1, -0.05) is 65.4 Å². The molecule has 150 valence electrons. The molecule has 0 fully saturated rings. The van der Waals surface area contributed by atoms with Crippen LogP contribution < -0.4 is 0 Å². The van der Waals surface area contributed by atoms with Crippen LogP contribution in [-0.2, 0) is 6.42 Å². The van der Waals surface area contributed by atoms with Crippen molar-refractivity contribution in [3.8, 4) is 6.07 Å². The number of hydrogen-bond acceptors (Lipinski definition) is 0. The van der Waals surface area contributed by atoms with Crippen LogP contribution in [-0.4, -0.2) is 7.05 Å². The fraction of sp³-hybridized carbons (Fsp3) is 0.321. The highest BCUT2D eigenvalue weighted by Crippen LogP contribution is 2.35. The maximum Gasteiger partial charge on any atom is 0.310 e. The van der Waals surface area contributed by atoms with Gasteiger partial charge in [-0.3, -0.25) is 0 Å². The lowest BCUT2D eigenvalue weighted by atomic mass is 9.86. The summed E-state index contributed by atoms with van der Waals surface area (Å²) in [5, 5.41) is 0. The van der Waals surface area contributed by atoms with E-state index in [-0.39, 0.29) is 0 Å². The molecule has 0 aromatic heterocycles. The van der Waals surface area contributed by atoms with Crippen LogP contribution in [0.1, 0.15) is 68.9 Å². The van der Waals surface area contributed by atoms with Gasteiger partial charge in [0, 0.05) is 0 Å². The van der Waals surface area contributed by atoms with E-state index in [1.165, 1.54) is 44.5 Å². The van der Waals surface area contributed by atoms with E-state index in [4.69, 9.17) is 0 Å². The SMILES string of the molecule is CCc1ccc(C)cc1C(/C(C)=C/CC=C(C)C)=C(\C)c1ccc(C#[N+]C)cc1. The Hall–Kier alpha value is -2.85. The van der Waals surface area contributed by atoms with Gasteiger partial charge >= 0.3 is 6.07 Å². The van der Waals surface area contributed by atoms with Gasteiger partial charge in [0.15, 0.2) is 0 Å². The van der Waals surface area contributed by atoms with E-state index < -0.39 is 0 Å². The average molecular weight is 385 g/mol. The first-order chi connectivity index (χ1) is 13.9. The molecule has 2 aromatic rings. The predicted molar refractivity (Wildman–Crippen MR) is 130 cm³/mol. The molecule has 2 aromatic carbocycles. The number of hydrogen-bond donors (Lipinski definition) is 0. The summed E-state index contributed by atoms with van der Waals surface area (Å²) in [6, 6.07) is 18.4. The van der Waals surface area contributed by atoms with Gasteiger partial charge in [0.05, 0.1) is 0 Å². The Morgan fingerprint density at radius 3 is 2.24 bits per heavy atom. The summed E-state index contributed by atoms with van der Waals surface area (Å²) in [7, 11) is 1.75. The summed E-state index contributed by atoms with van der Waals surface area (Å²) in [5.74, 6) is 0. The van der Waals surface area contributed by atoms with Crippen molar-refractivity contribution in [1.82, 2.24) is 0 Å². The molecule has 0 aliphatic carbocycles. The first-order valence-electron chi connectivity index (χ1n) is 10.4. The van der Waals surface area contributed by atoms with E-state index in [2.05, 4.69) is 107 Å². The van der Waals surface area contributed by atoms with Crippen LogP contribution in [0.5, 0.6) is 0 Å². The van der Waals surface area contributed by atoms with Gasteiger partial charge < -0.3 is 0 Å². The molecular weight excluding hydrogens is 350 g/mol. The lowest BCUT2D eigenvalue weighted by Crippen LogP contribution is -1.98. The molecule has 0 saturated carbocycles. The summed E-state index contributed by atoms with van der Waals surface area (Å²) >= 11 is 0. The van der Waals surface area contributed by atoms with Crippen molar-refractivity contribution in [1.29, 1.82) is 0 Å².